The molecule has 0 spiro atoms. The Morgan fingerprint density at radius 2 is 2.14 bits per heavy atom. The second-order valence-electron chi connectivity index (χ2n) is 6.30. The second kappa shape index (κ2) is 6.21. The zero-order chi connectivity index (χ0) is 16.3. The van der Waals surface area contributed by atoms with E-state index in [0.717, 1.165) is 6.42 Å². The van der Waals surface area contributed by atoms with Gasteiger partial charge in [-0.3, -0.25) is 9.69 Å². The third-order valence-electron chi connectivity index (χ3n) is 3.22. The number of nitrogens with zero attached hydrogens (tertiary/aromatic N) is 2. The van der Waals surface area contributed by atoms with Gasteiger partial charge in [0.2, 0.25) is 5.91 Å². The predicted octanol–water partition coefficient (Wildman–Crippen LogP) is 2.00. The number of nitrogen functional groups attached to an aromatic ring is 1. The van der Waals surface area contributed by atoms with E-state index in [4.69, 9.17) is 10.5 Å². The number of nitrogens with one attached hydrogen (secondary N) is 1. The summed E-state index contributed by atoms with van der Waals surface area (Å²) in [5, 5.41) is 2.70. The van der Waals surface area contributed by atoms with Crippen LogP contribution in [0.15, 0.2) is 18.3 Å². The third kappa shape index (κ3) is 4.09. The van der Waals surface area contributed by atoms with Crippen LogP contribution in [-0.2, 0) is 9.53 Å². The first-order valence-corrected chi connectivity index (χ1v) is 7.28. The lowest BCUT2D eigenvalue weighted by Crippen LogP contribution is -2.45. The summed E-state index contributed by atoms with van der Waals surface area (Å²) >= 11 is 0. The average molecular weight is 306 g/mol. The highest BCUT2D eigenvalue weighted by Gasteiger charge is 2.36. The summed E-state index contributed by atoms with van der Waals surface area (Å²) in [5.41, 5.74) is 5.49. The number of anilines is 2. The molecule has 1 aromatic rings. The Kier molecular flexibility index (Phi) is 4.54. The molecule has 0 bridgehead atoms. The first-order chi connectivity index (χ1) is 10.3. The van der Waals surface area contributed by atoms with Crippen LogP contribution >= 0.6 is 0 Å². The van der Waals surface area contributed by atoms with Gasteiger partial charge >= 0.3 is 6.09 Å². The Bertz CT molecular complexity index is 551. The van der Waals surface area contributed by atoms with Gasteiger partial charge in [-0.25, -0.2) is 9.78 Å². The molecule has 2 heterocycles. The summed E-state index contributed by atoms with van der Waals surface area (Å²) in [6, 6.07) is 2.75. The first-order valence-electron chi connectivity index (χ1n) is 7.28. The first kappa shape index (κ1) is 16.1. The molecule has 7 nitrogen and oxygen atoms in total. The van der Waals surface area contributed by atoms with Crippen LogP contribution in [0, 0.1) is 0 Å². The summed E-state index contributed by atoms with van der Waals surface area (Å²) in [7, 11) is 0. The maximum Gasteiger partial charge on any atom is 0.410 e. The molecule has 1 aromatic heterocycles. The molecule has 1 unspecified atom stereocenters. The number of likely N-dealkylation sites (tertiary alicyclic amines) is 1. The molecule has 120 valence electrons. The molecule has 1 aliphatic heterocycles. The lowest BCUT2D eigenvalue weighted by atomic mass is 10.2. The number of hydrogen-bond donors (Lipinski definition) is 2. The van der Waals surface area contributed by atoms with Crippen LogP contribution in [0.3, 0.4) is 0 Å². The van der Waals surface area contributed by atoms with Crippen LogP contribution in [0.25, 0.3) is 0 Å². The maximum absolute atomic E-state index is 12.3. The van der Waals surface area contributed by atoms with Gasteiger partial charge in [0, 0.05) is 6.54 Å². The average Bonchev–Trinajstić information content (AvgIpc) is 2.89. The van der Waals surface area contributed by atoms with Gasteiger partial charge < -0.3 is 15.8 Å². The molecule has 7 heteroatoms. The van der Waals surface area contributed by atoms with Gasteiger partial charge in [0.05, 0.1) is 11.9 Å². The molecule has 3 N–H and O–H groups in total. The van der Waals surface area contributed by atoms with Crippen molar-refractivity contribution in [3.63, 3.8) is 0 Å². The molecule has 1 fully saturated rings. The Balaban J connectivity index is 2.01. The van der Waals surface area contributed by atoms with E-state index < -0.39 is 17.7 Å². The lowest BCUT2D eigenvalue weighted by molar-refractivity contribution is -0.120. The van der Waals surface area contributed by atoms with E-state index in [1.807, 2.05) is 0 Å². The number of ether oxygens (including phenoxy) is 1. The third-order valence-corrected chi connectivity index (χ3v) is 3.22. The fourth-order valence-electron chi connectivity index (χ4n) is 2.27. The number of nitrogens with two attached hydrogens (primary N) is 1. The van der Waals surface area contributed by atoms with E-state index in [-0.39, 0.29) is 5.91 Å². The maximum atomic E-state index is 12.3. The molecule has 0 aromatic carbocycles. The van der Waals surface area contributed by atoms with E-state index in [9.17, 15) is 9.59 Å². The number of amides is 2. The minimum absolute atomic E-state index is 0.263. The highest BCUT2D eigenvalue weighted by atomic mass is 16.6. The Morgan fingerprint density at radius 3 is 2.73 bits per heavy atom. The summed E-state index contributed by atoms with van der Waals surface area (Å²) in [5.74, 6) is 0.149. The van der Waals surface area contributed by atoms with Crippen LogP contribution in [0.5, 0.6) is 0 Å². The van der Waals surface area contributed by atoms with E-state index >= 15 is 0 Å². The van der Waals surface area contributed by atoms with Gasteiger partial charge in [0.1, 0.15) is 17.5 Å². The van der Waals surface area contributed by atoms with E-state index in [1.165, 1.54) is 11.1 Å². The van der Waals surface area contributed by atoms with Crippen LogP contribution in [0.4, 0.5) is 16.3 Å². The number of hydrogen-bond acceptors (Lipinski definition) is 5. The van der Waals surface area contributed by atoms with Crippen molar-refractivity contribution in [2.24, 2.45) is 0 Å². The van der Waals surface area contributed by atoms with Gasteiger partial charge in [-0.05, 0) is 45.7 Å². The molecule has 22 heavy (non-hydrogen) atoms. The minimum Gasteiger partial charge on any atom is -0.444 e. The standard InChI is InChI=1S/C15H22N4O3/c1-15(2,3)22-14(21)19-8-4-5-11(19)13(20)18-12-7-6-10(16)9-17-12/h6-7,9,11H,4-5,8,16H2,1-3H3,(H,17,18,20). The minimum atomic E-state index is -0.584. The fraction of sp³-hybridized carbons (Fsp3) is 0.533. The van der Waals surface area contributed by atoms with Crippen molar-refractivity contribution < 1.29 is 14.3 Å². The predicted molar refractivity (Wildman–Crippen MR) is 83.2 cm³/mol. The van der Waals surface area contributed by atoms with E-state index in [1.54, 1.807) is 32.9 Å². The highest BCUT2D eigenvalue weighted by Crippen LogP contribution is 2.22. The van der Waals surface area contributed by atoms with Crippen molar-refractivity contribution in [1.29, 1.82) is 0 Å². The molecule has 1 atom stereocenters. The van der Waals surface area contributed by atoms with E-state index in [0.29, 0.717) is 24.5 Å². The second-order valence-corrected chi connectivity index (χ2v) is 6.30. The van der Waals surface area contributed by atoms with Gasteiger partial charge in [-0.1, -0.05) is 0 Å². The SMILES string of the molecule is CC(C)(C)OC(=O)N1CCCC1C(=O)Nc1ccc(N)cn1. The zero-order valence-corrected chi connectivity index (χ0v) is 13.1. The number of carbonyl (C=O) groups is 2. The van der Waals surface area contributed by atoms with Gasteiger partial charge in [0.25, 0.3) is 0 Å². The molecule has 0 aliphatic carbocycles. The van der Waals surface area contributed by atoms with Crippen molar-refractivity contribution in [2.75, 3.05) is 17.6 Å². The quantitative estimate of drug-likeness (QED) is 0.871. The normalized spacial score (nSPS) is 18.1. The topological polar surface area (TPSA) is 97.5 Å². The number of pyridine rings is 1. The van der Waals surface area contributed by atoms with Gasteiger partial charge in [-0.15, -0.1) is 0 Å². The van der Waals surface area contributed by atoms with Crippen LogP contribution < -0.4 is 11.1 Å². The Labute approximate surface area is 129 Å². The van der Waals surface area contributed by atoms with E-state index in [2.05, 4.69) is 10.3 Å². The molecule has 1 saturated heterocycles. The van der Waals surface area contributed by atoms with Crippen molar-refractivity contribution in [3.8, 4) is 0 Å². The summed E-state index contributed by atoms with van der Waals surface area (Å²) in [6.07, 6.45) is 2.39. The van der Waals surface area contributed by atoms with Gasteiger partial charge in [-0.2, -0.15) is 0 Å². The largest absolute Gasteiger partial charge is 0.444 e. The highest BCUT2D eigenvalue weighted by molar-refractivity contribution is 5.96. The fourth-order valence-corrected chi connectivity index (χ4v) is 2.27. The zero-order valence-electron chi connectivity index (χ0n) is 13.1. The molecule has 0 radical (unpaired) electrons. The van der Waals surface area contributed by atoms with Gasteiger partial charge in [0.15, 0.2) is 0 Å². The molecule has 0 saturated carbocycles. The number of rotatable bonds is 2. The molecular weight excluding hydrogens is 284 g/mol. The van der Waals surface area contributed by atoms with Crippen LogP contribution in [0.1, 0.15) is 33.6 Å². The number of aromatic nitrogens is 1. The van der Waals surface area contributed by atoms with Crippen LogP contribution in [0.2, 0.25) is 0 Å². The number of carbonyl (C=O) groups excluding carboxylic acids is 2. The smallest absolute Gasteiger partial charge is 0.410 e. The molecule has 2 rings (SSSR count). The van der Waals surface area contributed by atoms with Crippen molar-refractivity contribution in [2.45, 2.75) is 45.3 Å². The molecule has 1 aliphatic rings. The Morgan fingerprint density at radius 1 is 1.41 bits per heavy atom. The Hall–Kier alpha value is -2.31. The lowest BCUT2D eigenvalue weighted by Gasteiger charge is -2.27. The summed E-state index contributed by atoms with van der Waals surface area (Å²) < 4.78 is 5.34. The van der Waals surface area contributed by atoms with Crippen molar-refractivity contribution in [1.82, 2.24) is 9.88 Å². The summed E-state index contributed by atoms with van der Waals surface area (Å²) in [4.78, 5) is 30.0. The van der Waals surface area contributed by atoms with Crippen molar-refractivity contribution >= 4 is 23.5 Å². The van der Waals surface area contributed by atoms with Crippen molar-refractivity contribution in [3.05, 3.63) is 18.3 Å². The molecular formula is C15H22N4O3. The molecule has 2 amide bonds. The van der Waals surface area contributed by atoms with Crippen LogP contribution in [-0.4, -0.2) is 40.1 Å². The summed E-state index contributed by atoms with van der Waals surface area (Å²) in [6.45, 7) is 5.92. The monoisotopic (exact) mass is 306 g/mol.